The summed E-state index contributed by atoms with van der Waals surface area (Å²) in [4.78, 5) is 5.63. The van der Waals surface area contributed by atoms with Crippen LogP contribution in [0.3, 0.4) is 0 Å². The van der Waals surface area contributed by atoms with E-state index in [4.69, 9.17) is 4.99 Å². The zero-order chi connectivity index (χ0) is 27.0. The first kappa shape index (κ1) is 23.5. The van der Waals surface area contributed by atoms with E-state index in [0.717, 1.165) is 18.0 Å². The standard InChI is InChI=1S/C38H32N2/c1-4-26-28-18-10-11-19-29(28)35(25-15-6-5-7-16-25)39-37(26)40-32-23-22-24-14-8-9-17-27(24)33(32)34-36(40)30-20-12-13-21-31(30)38(34,2)3/h5-23,26,28H,4H2,1-3H3. The molecular weight excluding hydrogens is 484 g/mol. The highest BCUT2D eigenvalue weighted by atomic mass is 15.1. The van der Waals surface area contributed by atoms with Crippen molar-refractivity contribution >= 4 is 33.2 Å². The summed E-state index contributed by atoms with van der Waals surface area (Å²) in [6, 6.07) is 33.2. The quantitative estimate of drug-likeness (QED) is 0.222. The van der Waals surface area contributed by atoms with Crippen LogP contribution in [0.15, 0.2) is 126 Å². The Bertz CT molecular complexity index is 1960. The normalized spacial score (nSPS) is 20.5. The van der Waals surface area contributed by atoms with Gasteiger partial charge in [0.15, 0.2) is 0 Å². The average Bonchev–Trinajstić information content (AvgIpc) is 3.47. The summed E-state index contributed by atoms with van der Waals surface area (Å²) >= 11 is 0. The van der Waals surface area contributed by atoms with Crippen LogP contribution in [0.5, 0.6) is 0 Å². The van der Waals surface area contributed by atoms with Crippen LogP contribution in [0.4, 0.5) is 0 Å². The highest BCUT2D eigenvalue weighted by molar-refractivity contribution is 6.17. The number of hydrogen-bond acceptors (Lipinski definition) is 1. The molecule has 2 heteroatoms. The molecule has 0 saturated carbocycles. The van der Waals surface area contributed by atoms with Gasteiger partial charge in [0.05, 0.1) is 16.9 Å². The summed E-state index contributed by atoms with van der Waals surface area (Å²) in [5, 5.41) is 3.97. The van der Waals surface area contributed by atoms with E-state index in [2.05, 4.69) is 141 Å². The van der Waals surface area contributed by atoms with Crippen LogP contribution in [-0.2, 0) is 5.41 Å². The summed E-state index contributed by atoms with van der Waals surface area (Å²) in [6.45, 7) is 7.10. The Morgan fingerprint density at radius 2 is 1.60 bits per heavy atom. The van der Waals surface area contributed by atoms with Gasteiger partial charge in [0.1, 0.15) is 5.84 Å². The molecule has 4 aromatic carbocycles. The van der Waals surface area contributed by atoms with E-state index >= 15 is 0 Å². The second kappa shape index (κ2) is 8.53. The number of benzene rings is 4. The number of allylic oxidation sites excluding steroid dienone is 5. The molecule has 1 aliphatic heterocycles. The van der Waals surface area contributed by atoms with Crippen LogP contribution in [0, 0.1) is 11.8 Å². The Hall–Kier alpha value is -4.43. The second-order valence-electron chi connectivity index (χ2n) is 11.8. The van der Waals surface area contributed by atoms with E-state index in [1.807, 2.05) is 0 Å². The van der Waals surface area contributed by atoms with E-state index in [9.17, 15) is 0 Å². The van der Waals surface area contributed by atoms with Crippen molar-refractivity contribution in [2.24, 2.45) is 16.8 Å². The Labute approximate surface area is 235 Å². The van der Waals surface area contributed by atoms with Gasteiger partial charge in [-0.05, 0) is 40.0 Å². The topological polar surface area (TPSA) is 17.3 Å². The third kappa shape index (κ3) is 3.08. The summed E-state index contributed by atoms with van der Waals surface area (Å²) in [5.74, 6) is 1.71. The molecule has 2 heterocycles. The molecular formula is C38H32N2. The van der Waals surface area contributed by atoms with Gasteiger partial charge in [-0.3, -0.25) is 4.57 Å². The molecule has 0 radical (unpaired) electrons. The van der Waals surface area contributed by atoms with Crippen LogP contribution in [0.2, 0.25) is 0 Å². The maximum Gasteiger partial charge on any atom is 0.118 e. The van der Waals surface area contributed by atoms with Gasteiger partial charge < -0.3 is 0 Å². The van der Waals surface area contributed by atoms with Crippen LogP contribution in [0.25, 0.3) is 38.6 Å². The molecule has 1 aromatic heterocycles. The molecule has 2 nitrogen and oxygen atoms in total. The van der Waals surface area contributed by atoms with Gasteiger partial charge in [-0.1, -0.05) is 130 Å². The van der Waals surface area contributed by atoms with E-state index in [1.165, 1.54) is 55.2 Å². The molecule has 3 aliphatic rings. The van der Waals surface area contributed by atoms with Gasteiger partial charge >= 0.3 is 0 Å². The fraction of sp³-hybridized carbons (Fsp3) is 0.184. The van der Waals surface area contributed by atoms with Crippen LogP contribution >= 0.6 is 0 Å². The molecule has 0 spiro atoms. The number of aliphatic imine (C=N–C) groups is 1. The molecule has 8 rings (SSSR count). The zero-order valence-electron chi connectivity index (χ0n) is 23.2. The minimum atomic E-state index is -0.118. The van der Waals surface area contributed by atoms with Gasteiger partial charge in [0.25, 0.3) is 0 Å². The number of nitrogens with zero attached hydrogens (tertiary/aromatic N) is 2. The van der Waals surface area contributed by atoms with Crippen molar-refractivity contribution < 1.29 is 0 Å². The maximum atomic E-state index is 5.63. The monoisotopic (exact) mass is 516 g/mol. The molecule has 0 bridgehead atoms. The van der Waals surface area contributed by atoms with E-state index < -0.39 is 0 Å². The number of hydrogen-bond donors (Lipinski definition) is 0. The lowest BCUT2D eigenvalue weighted by Crippen LogP contribution is -2.33. The summed E-state index contributed by atoms with van der Waals surface area (Å²) in [6.07, 6.45) is 10.1. The van der Waals surface area contributed by atoms with E-state index in [0.29, 0.717) is 0 Å². The third-order valence-corrected chi connectivity index (χ3v) is 9.38. The SMILES string of the molecule is CCC1C(n2c3c(c4c5ccccc5ccc42)C(C)(C)c2ccccc2-3)=NC(c2ccccc2)=C2C=CC=CC21. The summed E-state index contributed by atoms with van der Waals surface area (Å²) < 4.78 is 2.55. The molecule has 40 heavy (non-hydrogen) atoms. The minimum Gasteiger partial charge on any atom is -0.297 e. The molecule has 0 N–H and O–H groups in total. The van der Waals surface area contributed by atoms with Gasteiger partial charge in [-0.25, -0.2) is 4.99 Å². The van der Waals surface area contributed by atoms with Crippen molar-refractivity contribution in [2.45, 2.75) is 32.6 Å². The van der Waals surface area contributed by atoms with Gasteiger partial charge in [-0.2, -0.15) is 0 Å². The molecule has 0 amide bonds. The van der Waals surface area contributed by atoms with Gasteiger partial charge in [-0.15, -0.1) is 0 Å². The largest absolute Gasteiger partial charge is 0.297 e. The number of aromatic nitrogens is 1. The Balaban J connectivity index is 1.53. The van der Waals surface area contributed by atoms with E-state index in [1.54, 1.807) is 0 Å². The first-order chi connectivity index (χ1) is 19.6. The third-order valence-electron chi connectivity index (χ3n) is 9.38. The van der Waals surface area contributed by atoms with E-state index in [-0.39, 0.29) is 17.3 Å². The lowest BCUT2D eigenvalue weighted by molar-refractivity contribution is 0.537. The van der Waals surface area contributed by atoms with Crippen molar-refractivity contribution in [3.05, 3.63) is 138 Å². The Morgan fingerprint density at radius 3 is 2.45 bits per heavy atom. The lowest BCUT2D eigenvalue weighted by Gasteiger charge is -2.34. The molecule has 5 aromatic rings. The van der Waals surface area contributed by atoms with Crippen molar-refractivity contribution in [2.75, 3.05) is 0 Å². The van der Waals surface area contributed by atoms with Crippen molar-refractivity contribution in [1.82, 2.24) is 4.57 Å². The van der Waals surface area contributed by atoms with Gasteiger partial charge in [0.2, 0.25) is 0 Å². The fourth-order valence-corrected chi connectivity index (χ4v) is 7.58. The zero-order valence-corrected chi connectivity index (χ0v) is 23.2. The maximum absolute atomic E-state index is 5.63. The molecule has 2 aliphatic carbocycles. The van der Waals surface area contributed by atoms with Crippen LogP contribution < -0.4 is 0 Å². The first-order valence-electron chi connectivity index (χ1n) is 14.5. The number of fused-ring (bicyclic) bond motifs is 8. The summed E-state index contributed by atoms with van der Waals surface area (Å²) in [5.41, 5.74) is 10.2. The Morgan fingerprint density at radius 1 is 0.825 bits per heavy atom. The van der Waals surface area contributed by atoms with Crippen molar-refractivity contribution in [1.29, 1.82) is 0 Å². The predicted molar refractivity (Wildman–Crippen MR) is 169 cm³/mol. The highest BCUT2D eigenvalue weighted by Crippen LogP contribution is 2.55. The van der Waals surface area contributed by atoms with Crippen LogP contribution in [0.1, 0.15) is 43.9 Å². The van der Waals surface area contributed by atoms with Crippen LogP contribution in [-0.4, -0.2) is 10.4 Å². The minimum absolute atomic E-state index is 0.118. The second-order valence-corrected chi connectivity index (χ2v) is 11.8. The van der Waals surface area contributed by atoms with Crippen molar-refractivity contribution in [3.8, 4) is 11.3 Å². The molecule has 2 atom stereocenters. The Kier molecular flexibility index (Phi) is 5.00. The lowest BCUT2D eigenvalue weighted by atomic mass is 9.77. The van der Waals surface area contributed by atoms with Crippen molar-refractivity contribution in [3.63, 3.8) is 0 Å². The number of rotatable bonds is 2. The molecule has 0 saturated heterocycles. The first-order valence-corrected chi connectivity index (χ1v) is 14.5. The molecule has 2 unspecified atom stereocenters. The summed E-state index contributed by atoms with van der Waals surface area (Å²) in [7, 11) is 0. The molecule has 0 fully saturated rings. The predicted octanol–water partition coefficient (Wildman–Crippen LogP) is 9.54. The fourth-order valence-electron chi connectivity index (χ4n) is 7.58. The smallest absolute Gasteiger partial charge is 0.118 e. The average molecular weight is 517 g/mol. The highest BCUT2D eigenvalue weighted by Gasteiger charge is 2.43. The van der Waals surface area contributed by atoms with Gasteiger partial charge in [0, 0.05) is 33.8 Å². The molecule has 194 valence electrons.